The normalized spacial score (nSPS) is 25.8. The van der Waals surface area contributed by atoms with E-state index in [9.17, 15) is 8.78 Å². The van der Waals surface area contributed by atoms with Crippen LogP contribution in [0.15, 0.2) is 0 Å². The minimum atomic E-state index is -2.48. The maximum Gasteiger partial charge on any atom is 0.248 e. The Morgan fingerprint density at radius 3 is 2.38 bits per heavy atom. The van der Waals surface area contributed by atoms with Gasteiger partial charge in [-0.25, -0.2) is 8.78 Å². The Balaban J connectivity index is 2.32. The molecule has 0 spiro atoms. The van der Waals surface area contributed by atoms with Gasteiger partial charge < -0.3 is 10.8 Å². The molecule has 4 heteroatoms. The van der Waals surface area contributed by atoms with E-state index in [0.29, 0.717) is 19.3 Å². The standard InChI is InChI=1S/C9H17F2NO/c10-9(11)4-1-7(2-5-9)8(12)3-6-13/h7-8,13H,1-6,12H2. The largest absolute Gasteiger partial charge is 0.396 e. The molecule has 0 aromatic heterocycles. The maximum atomic E-state index is 12.7. The molecule has 1 aliphatic carbocycles. The van der Waals surface area contributed by atoms with Crippen LogP contribution in [0, 0.1) is 5.92 Å². The van der Waals surface area contributed by atoms with E-state index in [1.165, 1.54) is 0 Å². The van der Waals surface area contributed by atoms with Gasteiger partial charge in [-0.15, -0.1) is 0 Å². The first kappa shape index (κ1) is 10.9. The number of nitrogens with two attached hydrogens (primary N) is 1. The molecule has 1 aliphatic rings. The Labute approximate surface area is 77.1 Å². The van der Waals surface area contributed by atoms with Crippen molar-refractivity contribution < 1.29 is 13.9 Å². The molecule has 0 aromatic rings. The molecule has 0 bridgehead atoms. The minimum absolute atomic E-state index is 0.0448. The zero-order valence-corrected chi connectivity index (χ0v) is 7.68. The second-order valence-corrected chi connectivity index (χ2v) is 3.87. The van der Waals surface area contributed by atoms with Gasteiger partial charge in [0.15, 0.2) is 0 Å². The summed E-state index contributed by atoms with van der Waals surface area (Å²) in [5.41, 5.74) is 5.74. The topological polar surface area (TPSA) is 46.2 Å². The molecule has 1 unspecified atom stereocenters. The highest BCUT2D eigenvalue weighted by atomic mass is 19.3. The molecule has 0 aromatic carbocycles. The summed E-state index contributed by atoms with van der Waals surface area (Å²) >= 11 is 0. The third kappa shape index (κ3) is 3.19. The van der Waals surface area contributed by atoms with Crippen LogP contribution in [0.5, 0.6) is 0 Å². The van der Waals surface area contributed by atoms with Crippen LogP contribution < -0.4 is 5.73 Å². The second kappa shape index (κ2) is 4.33. The lowest BCUT2D eigenvalue weighted by molar-refractivity contribution is -0.0487. The summed E-state index contributed by atoms with van der Waals surface area (Å²) in [7, 11) is 0. The van der Waals surface area contributed by atoms with Crippen molar-refractivity contribution in [2.45, 2.75) is 44.1 Å². The molecule has 3 N–H and O–H groups in total. The number of aliphatic hydroxyl groups is 1. The van der Waals surface area contributed by atoms with Crippen molar-refractivity contribution in [2.75, 3.05) is 6.61 Å². The molecule has 0 radical (unpaired) electrons. The average Bonchev–Trinajstić information content (AvgIpc) is 2.04. The smallest absolute Gasteiger partial charge is 0.248 e. The molecule has 0 aliphatic heterocycles. The van der Waals surface area contributed by atoms with Crippen molar-refractivity contribution in [1.29, 1.82) is 0 Å². The molecular formula is C9H17F2NO. The lowest BCUT2D eigenvalue weighted by Crippen LogP contribution is -2.36. The van der Waals surface area contributed by atoms with Crippen LogP contribution >= 0.6 is 0 Å². The average molecular weight is 193 g/mol. The Morgan fingerprint density at radius 1 is 1.38 bits per heavy atom. The third-order valence-corrected chi connectivity index (χ3v) is 2.83. The molecule has 0 saturated heterocycles. The number of halogens is 2. The van der Waals surface area contributed by atoms with Crippen molar-refractivity contribution in [3.63, 3.8) is 0 Å². The summed E-state index contributed by atoms with van der Waals surface area (Å²) in [6.45, 7) is 0.0497. The van der Waals surface area contributed by atoms with Gasteiger partial charge >= 0.3 is 0 Å². The summed E-state index contributed by atoms with van der Waals surface area (Å²) in [6, 6.07) is -0.110. The first-order valence-electron chi connectivity index (χ1n) is 4.79. The van der Waals surface area contributed by atoms with Gasteiger partial charge in [-0.3, -0.25) is 0 Å². The van der Waals surface area contributed by atoms with Gasteiger partial charge in [-0.1, -0.05) is 0 Å². The number of aliphatic hydroxyl groups excluding tert-OH is 1. The fourth-order valence-electron chi connectivity index (χ4n) is 1.88. The van der Waals surface area contributed by atoms with Crippen LogP contribution in [0.25, 0.3) is 0 Å². The van der Waals surface area contributed by atoms with Crippen LogP contribution in [-0.2, 0) is 0 Å². The van der Waals surface area contributed by atoms with Gasteiger partial charge in [0.1, 0.15) is 0 Å². The number of hydrogen-bond acceptors (Lipinski definition) is 2. The molecule has 1 atom stereocenters. The number of alkyl halides is 2. The molecule has 1 rings (SSSR count). The lowest BCUT2D eigenvalue weighted by atomic mass is 9.81. The van der Waals surface area contributed by atoms with Gasteiger partial charge in [0, 0.05) is 25.5 Å². The highest BCUT2D eigenvalue weighted by molar-refractivity contribution is 4.82. The van der Waals surface area contributed by atoms with Gasteiger partial charge in [-0.2, -0.15) is 0 Å². The van der Waals surface area contributed by atoms with E-state index in [0.717, 1.165) is 0 Å². The Hall–Kier alpha value is -0.220. The number of hydrogen-bond donors (Lipinski definition) is 2. The molecule has 2 nitrogen and oxygen atoms in total. The molecular weight excluding hydrogens is 176 g/mol. The Kier molecular flexibility index (Phi) is 3.62. The first-order chi connectivity index (χ1) is 6.05. The third-order valence-electron chi connectivity index (χ3n) is 2.83. The summed E-state index contributed by atoms with van der Waals surface area (Å²) in [6.07, 6.45) is 1.42. The quantitative estimate of drug-likeness (QED) is 0.713. The molecule has 1 saturated carbocycles. The zero-order valence-electron chi connectivity index (χ0n) is 7.68. The van der Waals surface area contributed by atoms with Crippen molar-refractivity contribution >= 4 is 0 Å². The summed E-state index contributed by atoms with van der Waals surface area (Å²) in [4.78, 5) is 0. The van der Waals surface area contributed by atoms with Gasteiger partial charge in [0.05, 0.1) is 0 Å². The zero-order chi connectivity index (χ0) is 9.90. The Morgan fingerprint density at radius 2 is 1.92 bits per heavy atom. The van der Waals surface area contributed by atoms with E-state index >= 15 is 0 Å². The van der Waals surface area contributed by atoms with E-state index < -0.39 is 5.92 Å². The maximum absolute atomic E-state index is 12.7. The van der Waals surface area contributed by atoms with Crippen LogP contribution in [0.3, 0.4) is 0 Å². The molecule has 78 valence electrons. The first-order valence-corrected chi connectivity index (χ1v) is 4.79. The lowest BCUT2D eigenvalue weighted by Gasteiger charge is -2.31. The van der Waals surface area contributed by atoms with E-state index in [1.807, 2.05) is 0 Å². The Bertz CT molecular complexity index is 154. The van der Waals surface area contributed by atoms with E-state index in [-0.39, 0.29) is 31.4 Å². The fraction of sp³-hybridized carbons (Fsp3) is 1.00. The monoisotopic (exact) mass is 193 g/mol. The van der Waals surface area contributed by atoms with Crippen molar-refractivity contribution in [3.8, 4) is 0 Å². The van der Waals surface area contributed by atoms with Crippen LogP contribution in [0.2, 0.25) is 0 Å². The second-order valence-electron chi connectivity index (χ2n) is 3.87. The van der Waals surface area contributed by atoms with Gasteiger partial charge in [-0.05, 0) is 25.2 Å². The SMILES string of the molecule is NC(CCO)C1CCC(F)(F)CC1. The summed E-state index contributed by atoms with van der Waals surface area (Å²) < 4.78 is 25.5. The van der Waals surface area contributed by atoms with Crippen molar-refractivity contribution in [2.24, 2.45) is 11.7 Å². The van der Waals surface area contributed by atoms with Crippen molar-refractivity contribution in [3.05, 3.63) is 0 Å². The highest BCUT2D eigenvalue weighted by Gasteiger charge is 2.36. The van der Waals surface area contributed by atoms with Crippen LogP contribution in [0.4, 0.5) is 8.78 Å². The number of rotatable bonds is 3. The molecule has 1 fully saturated rings. The van der Waals surface area contributed by atoms with Crippen LogP contribution in [0.1, 0.15) is 32.1 Å². The fourth-order valence-corrected chi connectivity index (χ4v) is 1.88. The van der Waals surface area contributed by atoms with E-state index in [4.69, 9.17) is 10.8 Å². The van der Waals surface area contributed by atoms with Crippen LogP contribution in [-0.4, -0.2) is 23.7 Å². The predicted octanol–water partition coefficient (Wildman–Crippen LogP) is 1.52. The summed E-state index contributed by atoms with van der Waals surface area (Å²) in [5.74, 6) is -2.30. The minimum Gasteiger partial charge on any atom is -0.396 e. The predicted molar refractivity (Wildman–Crippen MR) is 46.6 cm³/mol. The van der Waals surface area contributed by atoms with Gasteiger partial charge in [0.2, 0.25) is 5.92 Å². The molecule has 0 heterocycles. The molecule has 0 amide bonds. The van der Waals surface area contributed by atoms with E-state index in [2.05, 4.69) is 0 Å². The summed E-state index contributed by atoms with van der Waals surface area (Å²) in [5, 5.41) is 8.64. The van der Waals surface area contributed by atoms with E-state index in [1.54, 1.807) is 0 Å². The van der Waals surface area contributed by atoms with Crippen molar-refractivity contribution in [1.82, 2.24) is 0 Å². The van der Waals surface area contributed by atoms with Gasteiger partial charge in [0.25, 0.3) is 0 Å². The highest BCUT2D eigenvalue weighted by Crippen LogP contribution is 2.37. The molecule has 13 heavy (non-hydrogen) atoms.